The van der Waals surface area contributed by atoms with Crippen molar-refractivity contribution in [3.05, 3.63) is 152 Å². The average Bonchev–Trinajstić information content (AvgIpc) is 4.14. The molecule has 0 aliphatic heterocycles. The van der Waals surface area contributed by atoms with Gasteiger partial charge in [0, 0.05) is 52.4 Å². The van der Waals surface area contributed by atoms with E-state index in [9.17, 15) is 43.9 Å². The van der Waals surface area contributed by atoms with E-state index in [2.05, 4.69) is 72.8 Å². The molecule has 0 bridgehead atoms. The van der Waals surface area contributed by atoms with Gasteiger partial charge < -0.3 is 18.3 Å². The maximum absolute atomic E-state index is 14.4. The van der Waals surface area contributed by atoms with Crippen LogP contribution in [0, 0.1) is 0 Å². The third-order valence-corrected chi connectivity index (χ3v) is 15.3. The molecule has 4 nitrogen and oxygen atoms in total. The predicted molar refractivity (Wildman–Crippen MR) is 245 cm³/mol. The van der Waals surface area contributed by atoms with Crippen molar-refractivity contribution in [2.75, 3.05) is 0 Å². The number of allylic oxidation sites excluding steroid dienone is 2. The van der Waals surface area contributed by atoms with Gasteiger partial charge in [-0.05, 0) is 185 Å². The monoisotopic (exact) mass is 930 g/mol. The first kappa shape index (κ1) is 41.2. The Labute approximate surface area is 380 Å². The van der Waals surface area contributed by atoms with E-state index < -0.39 is 35.6 Å². The molecule has 0 amide bonds. The summed E-state index contributed by atoms with van der Waals surface area (Å²) in [6, 6.07) is 27.7. The lowest BCUT2D eigenvalue weighted by atomic mass is 9.95. The van der Waals surface area contributed by atoms with E-state index in [0.717, 1.165) is 100 Å². The largest absolute Gasteiger partial charge is 0.459 e. The zero-order valence-corrected chi connectivity index (χ0v) is 36.6. The minimum Gasteiger partial charge on any atom is -0.343 e. The zero-order chi connectivity index (χ0) is 47.5. The number of aryl methyl sites for hydroxylation is 4. The number of hydrogen-bond donors (Lipinski definition) is 0. The van der Waals surface area contributed by atoms with Crippen LogP contribution in [0.15, 0.2) is 84.9 Å². The number of hydrogen-bond acceptors (Lipinski definition) is 0. The topological polar surface area (TPSA) is 19.7 Å². The van der Waals surface area contributed by atoms with Gasteiger partial charge in [-0.15, -0.1) is 0 Å². The first-order valence-corrected chi connectivity index (χ1v) is 22.0. The van der Waals surface area contributed by atoms with Gasteiger partial charge in [0.2, 0.25) is 0 Å². The van der Waals surface area contributed by atoms with Crippen molar-refractivity contribution >= 4 is 66.9 Å². The molecule has 0 saturated carbocycles. The van der Waals surface area contributed by atoms with Crippen LogP contribution >= 0.6 is 0 Å². The maximum Gasteiger partial charge on any atom is 0.459 e. The van der Waals surface area contributed by atoms with E-state index >= 15 is 0 Å². The summed E-state index contributed by atoms with van der Waals surface area (Å²) in [6.07, 6.45) is -4.52. The molecule has 0 radical (unpaired) electrons. The highest BCUT2D eigenvalue weighted by molar-refractivity contribution is 6.02. The van der Waals surface area contributed by atoms with E-state index in [1.54, 1.807) is 35.4 Å². The van der Waals surface area contributed by atoms with Crippen molar-refractivity contribution in [3.8, 4) is 22.3 Å². The molecular formula is C54H36F10N4. The second-order valence-corrected chi connectivity index (χ2v) is 19.1. The Balaban J connectivity index is 0.791. The Kier molecular flexibility index (Phi) is 7.87. The average molecular weight is 931 g/mol. The van der Waals surface area contributed by atoms with E-state index in [4.69, 9.17) is 0 Å². The number of fused-ring (bicyclic) bond motifs is 12. The van der Waals surface area contributed by atoms with Gasteiger partial charge in [0.1, 0.15) is 0 Å². The standard InChI is InChI=1S/C54H36F10N4/c1-65-43(21-45-47(65)23-49(67(45)3)51(55,56)53(59,60)61)37-11-27-5-25-9-33-15-35-20-42-36(19-41(35)39(33)17-31(25)7-29(27)13-37)16-34-10-26-6-28-12-38(14-30(28)8-32(26)18-40(34)42)44-22-46-48(66(44)2)24-50(68(46)4)52(57,58)54(62,63)64/h5-10,13-14,17-24H,11-12,15-16H2,1-4H3. The first-order chi connectivity index (χ1) is 32.1. The summed E-state index contributed by atoms with van der Waals surface area (Å²) in [5.41, 5.74) is 16.6. The number of benzene rings is 5. The Bertz CT molecular complexity index is 3620. The van der Waals surface area contributed by atoms with Crippen LogP contribution < -0.4 is 0 Å². The van der Waals surface area contributed by atoms with Crippen molar-refractivity contribution in [1.82, 2.24) is 18.3 Å². The van der Waals surface area contributed by atoms with Crippen LogP contribution in [0.1, 0.15) is 67.3 Å². The summed E-state index contributed by atoms with van der Waals surface area (Å²) >= 11 is 0. The second-order valence-electron chi connectivity index (χ2n) is 19.1. The van der Waals surface area contributed by atoms with Crippen molar-refractivity contribution in [1.29, 1.82) is 0 Å². The molecule has 4 aliphatic carbocycles. The van der Waals surface area contributed by atoms with Gasteiger partial charge in [0.15, 0.2) is 0 Å². The summed E-state index contributed by atoms with van der Waals surface area (Å²) in [5, 5.41) is 4.39. The highest BCUT2D eigenvalue weighted by Crippen LogP contribution is 2.50. The molecule has 0 N–H and O–H groups in total. The summed E-state index contributed by atoms with van der Waals surface area (Å²) in [4.78, 5) is 0. The molecule has 14 heteroatoms. The molecular weight excluding hydrogens is 895 g/mol. The van der Waals surface area contributed by atoms with Crippen molar-refractivity contribution in [3.63, 3.8) is 0 Å². The van der Waals surface area contributed by atoms with Gasteiger partial charge in [-0.25, -0.2) is 0 Å². The number of nitrogens with zero attached hydrogens (tertiary/aromatic N) is 4. The van der Waals surface area contributed by atoms with Crippen LogP contribution in [0.4, 0.5) is 43.9 Å². The van der Waals surface area contributed by atoms with Gasteiger partial charge in [0.25, 0.3) is 0 Å². The Morgan fingerprint density at radius 2 is 0.662 bits per heavy atom. The fourth-order valence-corrected chi connectivity index (χ4v) is 11.7. The van der Waals surface area contributed by atoms with Crippen LogP contribution in [0.5, 0.6) is 0 Å². The molecule has 4 aliphatic rings. The summed E-state index contributed by atoms with van der Waals surface area (Å²) in [5.74, 6) is -9.97. The Hall–Kier alpha value is -6.96. The first-order valence-electron chi connectivity index (χ1n) is 22.0. The molecule has 9 aromatic rings. The van der Waals surface area contributed by atoms with Gasteiger partial charge in [-0.2, -0.15) is 43.9 Å². The fraction of sp³-hybridized carbons (Fsp3) is 0.222. The number of rotatable bonds is 4. The smallest absolute Gasteiger partial charge is 0.343 e. The highest BCUT2D eigenvalue weighted by Gasteiger charge is 2.61. The van der Waals surface area contributed by atoms with Crippen LogP contribution in [0.2, 0.25) is 0 Å². The fourth-order valence-electron chi connectivity index (χ4n) is 11.7. The molecule has 4 heterocycles. The second kappa shape index (κ2) is 13.0. The van der Waals surface area contributed by atoms with E-state index in [1.807, 2.05) is 0 Å². The molecule has 0 atom stereocenters. The van der Waals surface area contributed by atoms with E-state index in [0.29, 0.717) is 34.9 Å². The van der Waals surface area contributed by atoms with E-state index in [1.165, 1.54) is 58.6 Å². The van der Waals surface area contributed by atoms with Crippen LogP contribution in [-0.4, -0.2) is 30.6 Å². The third kappa shape index (κ3) is 5.45. The molecule has 0 spiro atoms. The SMILES string of the molecule is Cn1c(C2=Cc3cc4cc5c(cc4cc3C2)Cc2cc3c(cc2-5)Cc2cc4cc5c(cc4cc2-3)C=C(c2cc3c(cc(C(F)(F)C(F)(F)F)n3C)n2C)C5)cc2c1cc(C(F)(F)C(F)(F)F)n2C. The van der Waals surface area contributed by atoms with Crippen LogP contribution in [0.3, 0.4) is 0 Å². The molecule has 68 heavy (non-hydrogen) atoms. The predicted octanol–water partition coefficient (Wildman–Crippen LogP) is 14.3. The number of alkyl halides is 10. The quantitative estimate of drug-likeness (QED) is 0.157. The summed E-state index contributed by atoms with van der Waals surface area (Å²) in [6.45, 7) is 0. The molecule has 13 rings (SSSR count). The van der Waals surface area contributed by atoms with Gasteiger partial charge >= 0.3 is 24.2 Å². The highest BCUT2D eigenvalue weighted by atomic mass is 19.4. The van der Waals surface area contributed by atoms with Crippen molar-refractivity contribution in [2.24, 2.45) is 28.2 Å². The Morgan fingerprint density at radius 1 is 0.338 bits per heavy atom. The maximum atomic E-state index is 14.4. The Morgan fingerprint density at radius 3 is 1.03 bits per heavy atom. The van der Waals surface area contributed by atoms with Gasteiger partial charge in [-0.3, -0.25) is 0 Å². The normalized spacial score (nSPS) is 15.4. The lowest BCUT2D eigenvalue weighted by molar-refractivity contribution is -0.291. The minimum absolute atomic E-state index is 0.300. The third-order valence-electron chi connectivity index (χ3n) is 15.3. The van der Waals surface area contributed by atoms with Crippen LogP contribution in [-0.2, 0) is 65.7 Å². The van der Waals surface area contributed by atoms with Crippen LogP contribution in [0.25, 0.3) is 89.2 Å². The zero-order valence-electron chi connectivity index (χ0n) is 36.6. The lowest BCUT2D eigenvalue weighted by Gasteiger charge is -2.20. The van der Waals surface area contributed by atoms with E-state index in [-0.39, 0.29) is 0 Å². The van der Waals surface area contributed by atoms with Crippen molar-refractivity contribution < 1.29 is 43.9 Å². The van der Waals surface area contributed by atoms with Gasteiger partial charge in [-0.1, -0.05) is 24.3 Å². The van der Waals surface area contributed by atoms with Gasteiger partial charge in [0.05, 0.1) is 33.5 Å². The number of aromatic nitrogens is 4. The molecule has 4 aromatic heterocycles. The molecule has 0 saturated heterocycles. The lowest BCUT2D eigenvalue weighted by Crippen LogP contribution is -2.35. The number of halogens is 10. The molecule has 5 aromatic carbocycles. The molecule has 0 unspecified atom stereocenters. The van der Waals surface area contributed by atoms with Crippen molar-refractivity contribution in [2.45, 2.75) is 49.9 Å². The molecule has 342 valence electrons. The summed E-state index contributed by atoms with van der Waals surface area (Å²) < 4.78 is 142. The summed E-state index contributed by atoms with van der Waals surface area (Å²) in [7, 11) is 5.85. The molecule has 0 fully saturated rings. The minimum atomic E-state index is -5.71.